The lowest BCUT2D eigenvalue weighted by Crippen LogP contribution is -2.07. The monoisotopic (exact) mass is 309 g/mol. The Hall–Kier alpha value is -0.240. The van der Waals surface area contributed by atoms with E-state index in [1.54, 1.807) is 0 Å². The maximum absolute atomic E-state index is 11.5. The Balaban J connectivity index is 2.74. The summed E-state index contributed by atoms with van der Waals surface area (Å²) in [5.74, 6) is 0. The minimum atomic E-state index is -5.01. The number of phosphoric acid groups is 3. The van der Waals surface area contributed by atoms with Gasteiger partial charge in [0.2, 0.25) is 0 Å². The van der Waals surface area contributed by atoms with Gasteiger partial charge in [0.1, 0.15) is 0 Å². The zero-order chi connectivity index (χ0) is 13.2. The molecule has 1 aliphatic rings. The molecule has 0 aromatic rings. The van der Waals surface area contributed by atoms with Crippen LogP contribution in [-0.2, 0) is 31.2 Å². The highest BCUT2D eigenvalue weighted by molar-refractivity contribution is 7.74. The lowest BCUT2D eigenvalue weighted by atomic mass is 10.8. The van der Waals surface area contributed by atoms with Gasteiger partial charge in [-0.2, -0.15) is 12.9 Å². The van der Waals surface area contributed by atoms with E-state index in [4.69, 9.17) is 15.3 Å². The summed E-state index contributed by atoms with van der Waals surface area (Å²) in [6.45, 7) is -0.805. The van der Waals surface area contributed by atoms with E-state index < -0.39 is 30.1 Å². The third kappa shape index (κ3) is 4.87. The van der Waals surface area contributed by atoms with Crippen molar-refractivity contribution in [3.8, 4) is 0 Å². The van der Waals surface area contributed by atoms with Crippen LogP contribution in [0.3, 0.4) is 0 Å². The molecular weight excluding hydrogens is 303 g/mol. The standard InChI is InChI=1S/C2H6N3O9P3/c3-5-4-1-2-11-17(10)13-15(6,7)12-16(8,9)14-17/h1-2H2,(H,6,7)(H,8,9). The van der Waals surface area contributed by atoms with E-state index in [0.29, 0.717) is 0 Å². The SMILES string of the molecule is [N-]=[N+]=NCCOP1(=O)OP(=O)(O)OP(=O)(O)O1. The fourth-order valence-electron chi connectivity index (χ4n) is 0.713. The summed E-state index contributed by atoms with van der Waals surface area (Å²) in [5, 5.41) is 2.99. The summed E-state index contributed by atoms with van der Waals surface area (Å²) in [6.07, 6.45) is 0. The van der Waals surface area contributed by atoms with E-state index in [0.717, 1.165) is 0 Å². The second kappa shape index (κ2) is 5.17. The Kier molecular flexibility index (Phi) is 4.51. The van der Waals surface area contributed by atoms with Crippen LogP contribution in [0.4, 0.5) is 0 Å². The summed E-state index contributed by atoms with van der Waals surface area (Å²) in [4.78, 5) is 20.0. The van der Waals surface area contributed by atoms with E-state index in [1.807, 2.05) is 0 Å². The zero-order valence-corrected chi connectivity index (χ0v) is 10.5. The first-order valence-electron chi connectivity index (χ1n) is 3.73. The van der Waals surface area contributed by atoms with Gasteiger partial charge in [0.15, 0.2) is 0 Å². The fourth-order valence-corrected chi connectivity index (χ4v) is 5.62. The van der Waals surface area contributed by atoms with Gasteiger partial charge in [0, 0.05) is 11.5 Å². The highest BCUT2D eigenvalue weighted by Crippen LogP contribution is 2.79. The molecule has 2 N–H and O–H groups in total. The number of nitrogens with zero attached hydrogens (tertiary/aromatic N) is 3. The fraction of sp³-hybridized carbons (Fsp3) is 1.00. The summed E-state index contributed by atoms with van der Waals surface area (Å²) < 4.78 is 49.1. The minimum absolute atomic E-state index is 0.292. The molecule has 0 saturated carbocycles. The van der Waals surface area contributed by atoms with Gasteiger partial charge in [-0.15, -0.1) is 0 Å². The molecule has 12 nitrogen and oxygen atoms in total. The number of rotatable bonds is 4. The first-order chi connectivity index (χ1) is 7.68. The molecule has 0 aliphatic carbocycles. The number of hydrogen-bond acceptors (Lipinski definition) is 8. The van der Waals surface area contributed by atoms with Gasteiger partial charge in [-0.3, -0.25) is 4.52 Å². The van der Waals surface area contributed by atoms with Gasteiger partial charge in [0.25, 0.3) is 0 Å². The zero-order valence-electron chi connectivity index (χ0n) is 7.85. The Morgan fingerprint density at radius 2 is 1.71 bits per heavy atom. The number of azide groups is 1. The first kappa shape index (κ1) is 14.8. The van der Waals surface area contributed by atoms with Crippen LogP contribution >= 0.6 is 23.5 Å². The van der Waals surface area contributed by atoms with Gasteiger partial charge in [0.05, 0.1) is 6.61 Å². The molecule has 98 valence electrons. The smallest absolute Gasteiger partial charge is 0.302 e. The van der Waals surface area contributed by atoms with Gasteiger partial charge in [-0.25, -0.2) is 13.7 Å². The predicted molar refractivity (Wildman–Crippen MR) is 50.5 cm³/mol. The molecule has 15 heteroatoms. The molecule has 0 bridgehead atoms. The topological polar surface area (TPSA) is 177 Å². The first-order valence-corrected chi connectivity index (χ1v) is 8.18. The van der Waals surface area contributed by atoms with Crippen LogP contribution < -0.4 is 0 Å². The molecule has 1 rings (SSSR count). The lowest BCUT2D eigenvalue weighted by Gasteiger charge is -2.26. The Bertz CT molecular complexity index is 454. The molecule has 0 aromatic heterocycles. The maximum Gasteiger partial charge on any atom is 0.492 e. The summed E-state index contributed by atoms with van der Waals surface area (Å²) in [5.41, 5.74) is 7.92. The van der Waals surface area contributed by atoms with Crippen LogP contribution in [-0.4, -0.2) is 22.9 Å². The Morgan fingerprint density at radius 3 is 2.18 bits per heavy atom. The molecule has 0 amide bonds. The van der Waals surface area contributed by atoms with Crippen LogP contribution in [0.5, 0.6) is 0 Å². The van der Waals surface area contributed by atoms with Crippen LogP contribution in [0.1, 0.15) is 0 Å². The molecule has 1 heterocycles. The van der Waals surface area contributed by atoms with Crippen LogP contribution in [0.15, 0.2) is 5.11 Å². The van der Waals surface area contributed by atoms with E-state index >= 15 is 0 Å². The van der Waals surface area contributed by atoms with E-state index in [-0.39, 0.29) is 6.54 Å². The summed E-state index contributed by atoms with van der Waals surface area (Å²) in [7, 11) is -14.8. The van der Waals surface area contributed by atoms with Crippen molar-refractivity contribution in [2.24, 2.45) is 5.11 Å². The van der Waals surface area contributed by atoms with Crippen LogP contribution in [0.2, 0.25) is 0 Å². The third-order valence-electron chi connectivity index (χ3n) is 1.12. The lowest BCUT2D eigenvalue weighted by molar-refractivity contribution is 0.138. The second-order valence-electron chi connectivity index (χ2n) is 2.42. The van der Waals surface area contributed by atoms with E-state index in [9.17, 15) is 13.7 Å². The third-order valence-corrected chi connectivity index (χ3v) is 6.52. The molecule has 2 atom stereocenters. The van der Waals surface area contributed by atoms with E-state index in [1.165, 1.54) is 0 Å². The minimum Gasteiger partial charge on any atom is -0.302 e. The molecule has 17 heavy (non-hydrogen) atoms. The van der Waals surface area contributed by atoms with Crippen molar-refractivity contribution in [1.29, 1.82) is 0 Å². The maximum atomic E-state index is 11.5. The van der Waals surface area contributed by atoms with Crippen LogP contribution in [0.25, 0.3) is 10.4 Å². The molecule has 0 aromatic carbocycles. The molecule has 1 saturated heterocycles. The average molecular weight is 309 g/mol. The predicted octanol–water partition coefficient (Wildman–Crippen LogP) is 1.69. The van der Waals surface area contributed by atoms with Crippen molar-refractivity contribution in [1.82, 2.24) is 0 Å². The molecule has 1 fully saturated rings. The molecule has 2 unspecified atom stereocenters. The highest BCUT2D eigenvalue weighted by Gasteiger charge is 2.54. The Labute approximate surface area is 93.9 Å². The van der Waals surface area contributed by atoms with Gasteiger partial charge < -0.3 is 9.79 Å². The molecule has 0 spiro atoms. The van der Waals surface area contributed by atoms with Gasteiger partial charge in [-0.05, 0) is 5.53 Å². The van der Waals surface area contributed by atoms with Crippen molar-refractivity contribution in [3.63, 3.8) is 0 Å². The second-order valence-corrected chi connectivity index (χ2v) is 7.40. The largest absolute Gasteiger partial charge is 0.492 e. The van der Waals surface area contributed by atoms with Crippen molar-refractivity contribution in [2.45, 2.75) is 0 Å². The normalized spacial score (nSPS) is 41.8. The van der Waals surface area contributed by atoms with Gasteiger partial charge >= 0.3 is 23.5 Å². The number of hydrogen-bond donors (Lipinski definition) is 2. The van der Waals surface area contributed by atoms with Gasteiger partial charge in [-0.1, -0.05) is 5.11 Å². The quantitative estimate of drug-likeness (QED) is 0.257. The van der Waals surface area contributed by atoms with E-state index in [2.05, 4.69) is 27.5 Å². The average Bonchev–Trinajstić information content (AvgIpc) is 2.06. The van der Waals surface area contributed by atoms with Crippen molar-refractivity contribution >= 4 is 23.5 Å². The van der Waals surface area contributed by atoms with Crippen LogP contribution in [0, 0.1) is 0 Å². The Morgan fingerprint density at radius 1 is 1.18 bits per heavy atom. The van der Waals surface area contributed by atoms with Crippen molar-refractivity contribution in [3.05, 3.63) is 10.4 Å². The highest BCUT2D eigenvalue weighted by atomic mass is 31.3. The molecular formula is C2H6N3O9P3. The molecule has 0 radical (unpaired) electrons. The van der Waals surface area contributed by atoms with Crippen molar-refractivity contribution in [2.75, 3.05) is 13.2 Å². The van der Waals surface area contributed by atoms with Crippen molar-refractivity contribution < 1.29 is 40.9 Å². The summed E-state index contributed by atoms with van der Waals surface area (Å²) in [6, 6.07) is 0. The summed E-state index contributed by atoms with van der Waals surface area (Å²) >= 11 is 0. The molecule has 1 aliphatic heterocycles.